The summed E-state index contributed by atoms with van der Waals surface area (Å²) in [5.41, 5.74) is 1.15. The first-order valence-corrected chi connectivity index (χ1v) is 9.33. The fourth-order valence-corrected chi connectivity index (χ4v) is 4.76. The number of fused-ring (bicyclic) bond motifs is 1. The van der Waals surface area contributed by atoms with E-state index in [9.17, 15) is 8.42 Å². The maximum Gasteiger partial charge on any atom is 0.248 e. The van der Waals surface area contributed by atoms with E-state index in [1.54, 1.807) is 14.0 Å². The predicted octanol–water partition coefficient (Wildman–Crippen LogP) is 1.74. The summed E-state index contributed by atoms with van der Waals surface area (Å²) in [6, 6.07) is 0. The van der Waals surface area contributed by atoms with E-state index in [4.69, 9.17) is 11.6 Å². The van der Waals surface area contributed by atoms with Crippen molar-refractivity contribution in [3.05, 3.63) is 28.6 Å². The van der Waals surface area contributed by atoms with E-state index in [0.717, 1.165) is 37.3 Å². The smallest absolute Gasteiger partial charge is 0.248 e. The maximum atomic E-state index is 12.8. The minimum absolute atomic E-state index is 0.0631. The molecule has 23 heavy (non-hydrogen) atoms. The maximum absolute atomic E-state index is 12.8. The van der Waals surface area contributed by atoms with Gasteiger partial charge in [-0.1, -0.05) is 11.6 Å². The molecular formula is C14H20ClN5O2S. The summed E-state index contributed by atoms with van der Waals surface area (Å²) in [6.45, 7) is 2.81. The number of halogens is 1. The van der Waals surface area contributed by atoms with Crippen LogP contribution < -0.4 is 0 Å². The summed E-state index contributed by atoms with van der Waals surface area (Å²) in [4.78, 5) is 4.61. The second kappa shape index (κ2) is 5.92. The van der Waals surface area contributed by atoms with E-state index in [0.29, 0.717) is 5.69 Å². The first-order chi connectivity index (χ1) is 10.8. The summed E-state index contributed by atoms with van der Waals surface area (Å²) in [5.74, 6) is 1.03. The van der Waals surface area contributed by atoms with Crippen LogP contribution in [-0.2, 0) is 36.6 Å². The molecule has 0 N–H and O–H groups in total. The van der Waals surface area contributed by atoms with Gasteiger partial charge in [0.05, 0.1) is 17.9 Å². The predicted molar refractivity (Wildman–Crippen MR) is 86.8 cm³/mol. The summed E-state index contributed by atoms with van der Waals surface area (Å²) in [5, 5.41) is 4.20. The normalized spacial score (nSPS) is 15.2. The lowest BCUT2D eigenvalue weighted by atomic mass is 10.2. The number of imidazole rings is 1. The Morgan fingerprint density at radius 3 is 2.74 bits per heavy atom. The Kier molecular flexibility index (Phi) is 4.24. The van der Waals surface area contributed by atoms with Crippen LogP contribution in [0, 0.1) is 6.92 Å². The van der Waals surface area contributed by atoms with Gasteiger partial charge in [-0.15, -0.1) is 0 Å². The average Bonchev–Trinajstić information content (AvgIpc) is 2.99. The molecule has 0 fully saturated rings. The van der Waals surface area contributed by atoms with Gasteiger partial charge in [0, 0.05) is 33.3 Å². The van der Waals surface area contributed by atoms with Crippen LogP contribution >= 0.6 is 11.6 Å². The van der Waals surface area contributed by atoms with Gasteiger partial charge in [0.2, 0.25) is 10.0 Å². The van der Waals surface area contributed by atoms with Gasteiger partial charge in [-0.05, 0) is 19.8 Å². The van der Waals surface area contributed by atoms with Crippen LogP contribution in [-0.4, -0.2) is 39.1 Å². The summed E-state index contributed by atoms with van der Waals surface area (Å²) in [6.07, 6.45) is 5.17. The standard InChI is InChI=1S/C14H20ClN5O2S/c1-10-13(14(15)19(3)17-10)23(21,22)18(2)8-11-9-20-7-5-4-6-12(20)16-11/h9H,4-8H2,1-3H3. The Morgan fingerprint density at radius 1 is 1.39 bits per heavy atom. The Hall–Kier alpha value is -1.38. The third-order valence-electron chi connectivity index (χ3n) is 4.11. The van der Waals surface area contributed by atoms with Gasteiger partial charge in [-0.2, -0.15) is 9.40 Å². The highest BCUT2D eigenvalue weighted by molar-refractivity contribution is 7.89. The molecule has 3 rings (SSSR count). The van der Waals surface area contributed by atoms with Crippen LogP contribution in [0.15, 0.2) is 11.1 Å². The molecule has 0 spiro atoms. The molecule has 0 aromatic carbocycles. The molecule has 0 saturated carbocycles. The second-order valence-electron chi connectivity index (χ2n) is 5.89. The van der Waals surface area contributed by atoms with Crippen LogP contribution in [0.25, 0.3) is 0 Å². The van der Waals surface area contributed by atoms with Gasteiger partial charge >= 0.3 is 0 Å². The minimum Gasteiger partial charge on any atom is -0.335 e. The highest BCUT2D eigenvalue weighted by Gasteiger charge is 2.30. The van der Waals surface area contributed by atoms with Crippen LogP contribution in [0.4, 0.5) is 0 Å². The zero-order valence-corrected chi connectivity index (χ0v) is 15.0. The van der Waals surface area contributed by atoms with Crippen LogP contribution in [0.5, 0.6) is 0 Å². The highest BCUT2D eigenvalue weighted by Crippen LogP contribution is 2.27. The average molecular weight is 358 g/mol. The first kappa shape index (κ1) is 16.5. The Morgan fingerprint density at radius 2 is 2.13 bits per heavy atom. The van der Waals surface area contributed by atoms with E-state index in [1.807, 2.05) is 6.20 Å². The summed E-state index contributed by atoms with van der Waals surface area (Å²) < 4.78 is 30.3. The molecule has 0 atom stereocenters. The molecule has 9 heteroatoms. The molecule has 0 unspecified atom stereocenters. The fourth-order valence-electron chi connectivity index (χ4n) is 2.92. The third kappa shape index (κ3) is 2.90. The van der Waals surface area contributed by atoms with Gasteiger partial charge in [0.25, 0.3) is 0 Å². The Balaban J connectivity index is 1.87. The van der Waals surface area contributed by atoms with Crippen molar-refractivity contribution in [3.63, 3.8) is 0 Å². The van der Waals surface area contributed by atoms with Gasteiger partial charge in [0.1, 0.15) is 15.9 Å². The van der Waals surface area contributed by atoms with Gasteiger partial charge in [-0.3, -0.25) is 4.68 Å². The van der Waals surface area contributed by atoms with Crippen LogP contribution in [0.1, 0.15) is 30.1 Å². The van der Waals surface area contributed by atoms with Crippen molar-refractivity contribution in [1.29, 1.82) is 0 Å². The number of rotatable bonds is 4. The van der Waals surface area contributed by atoms with Crippen molar-refractivity contribution in [2.45, 2.75) is 44.2 Å². The molecule has 2 aromatic heterocycles. The molecule has 0 radical (unpaired) electrons. The number of aryl methyl sites for hydroxylation is 4. The van der Waals surface area contributed by atoms with Crippen molar-refractivity contribution in [2.24, 2.45) is 7.05 Å². The van der Waals surface area contributed by atoms with Crippen LogP contribution in [0.3, 0.4) is 0 Å². The number of hydrogen-bond donors (Lipinski definition) is 0. The molecule has 0 bridgehead atoms. The molecule has 0 amide bonds. The minimum atomic E-state index is -3.71. The van der Waals surface area contributed by atoms with Crippen molar-refractivity contribution >= 4 is 21.6 Å². The van der Waals surface area contributed by atoms with Crippen molar-refractivity contribution in [3.8, 4) is 0 Å². The lowest BCUT2D eigenvalue weighted by Crippen LogP contribution is -2.27. The number of nitrogens with zero attached hydrogens (tertiary/aromatic N) is 5. The van der Waals surface area contributed by atoms with Crippen LogP contribution in [0.2, 0.25) is 5.15 Å². The lowest BCUT2D eigenvalue weighted by molar-refractivity contribution is 0.462. The first-order valence-electron chi connectivity index (χ1n) is 7.51. The Bertz CT molecular complexity index is 816. The Labute approximate surface area is 140 Å². The topological polar surface area (TPSA) is 73.0 Å². The van der Waals surface area contributed by atoms with Gasteiger partial charge < -0.3 is 4.57 Å². The van der Waals surface area contributed by atoms with E-state index < -0.39 is 10.0 Å². The highest BCUT2D eigenvalue weighted by atomic mass is 35.5. The van der Waals surface area contributed by atoms with Gasteiger partial charge in [-0.25, -0.2) is 13.4 Å². The summed E-state index contributed by atoms with van der Waals surface area (Å²) in [7, 11) is -0.549. The van der Waals surface area contributed by atoms with E-state index in [1.165, 1.54) is 16.0 Å². The largest absolute Gasteiger partial charge is 0.335 e. The monoisotopic (exact) mass is 357 g/mol. The van der Waals surface area contributed by atoms with Crippen molar-refractivity contribution in [1.82, 2.24) is 23.6 Å². The molecule has 1 aliphatic rings. The SMILES string of the molecule is Cc1nn(C)c(Cl)c1S(=O)(=O)N(C)Cc1cn2c(n1)CCCC2. The number of hydrogen-bond acceptors (Lipinski definition) is 4. The molecule has 1 aliphatic heterocycles. The molecule has 3 heterocycles. The van der Waals surface area contributed by atoms with E-state index in [2.05, 4.69) is 14.6 Å². The lowest BCUT2D eigenvalue weighted by Gasteiger charge is -2.15. The third-order valence-corrected chi connectivity index (χ3v) is 6.61. The van der Waals surface area contributed by atoms with Gasteiger partial charge in [0.15, 0.2) is 0 Å². The summed E-state index contributed by atoms with van der Waals surface area (Å²) >= 11 is 6.10. The fraction of sp³-hybridized carbons (Fsp3) is 0.571. The molecule has 7 nitrogen and oxygen atoms in total. The number of aromatic nitrogens is 4. The molecule has 0 aliphatic carbocycles. The quantitative estimate of drug-likeness (QED) is 0.835. The van der Waals surface area contributed by atoms with Crippen molar-refractivity contribution < 1.29 is 8.42 Å². The zero-order valence-electron chi connectivity index (χ0n) is 13.5. The molecular weight excluding hydrogens is 338 g/mol. The van der Waals surface area contributed by atoms with Crippen molar-refractivity contribution in [2.75, 3.05) is 7.05 Å². The second-order valence-corrected chi connectivity index (χ2v) is 8.23. The molecule has 0 saturated heterocycles. The molecule has 126 valence electrons. The van der Waals surface area contributed by atoms with E-state index >= 15 is 0 Å². The van der Waals surface area contributed by atoms with E-state index in [-0.39, 0.29) is 16.6 Å². The molecule has 2 aromatic rings. The zero-order chi connectivity index (χ0) is 16.8. The number of sulfonamides is 1.